The number of benzene rings is 2. The normalized spacial score (nSPS) is 21.7. The zero-order valence-corrected chi connectivity index (χ0v) is 16.1. The summed E-state index contributed by atoms with van der Waals surface area (Å²) in [5, 5.41) is 10.3. The summed E-state index contributed by atoms with van der Waals surface area (Å²) >= 11 is 0. The fourth-order valence-corrected chi connectivity index (χ4v) is 4.02. The lowest BCUT2D eigenvalue weighted by atomic mass is 9.95. The first-order chi connectivity index (χ1) is 13.5. The molecule has 148 valence electrons. The summed E-state index contributed by atoms with van der Waals surface area (Å²) in [4.78, 5) is 14.5. The second-order valence-corrected chi connectivity index (χ2v) is 7.46. The summed E-state index contributed by atoms with van der Waals surface area (Å²) in [6, 6.07) is 8.98. The zero-order valence-electron chi connectivity index (χ0n) is 16.1. The number of aliphatic hydroxyl groups is 1. The average molecular weight is 385 g/mol. The van der Waals surface area contributed by atoms with Crippen LogP contribution in [0.4, 0.5) is 4.39 Å². The van der Waals surface area contributed by atoms with E-state index < -0.39 is 12.1 Å². The number of carbonyl (C=O) groups is 1. The maximum atomic E-state index is 15.1. The highest BCUT2D eigenvalue weighted by atomic mass is 19.1. The lowest BCUT2D eigenvalue weighted by Crippen LogP contribution is -2.49. The van der Waals surface area contributed by atoms with Crippen LogP contribution in [-0.4, -0.2) is 48.4 Å². The van der Waals surface area contributed by atoms with Gasteiger partial charge in [0.1, 0.15) is 11.6 Å². The Labute approximate surface area is 163 Å². The minimum atomic E-state index is -0.644. The molecule has 1 fully saturated rings. The van der Waals surface area contributed by atoms with Gasteiger partial charge in [0.25, 0.3) is 5.91 Å². The molecule has 0 radical (unpaired) electrons. The molecule has 0 bridgehead atoms. The molecule has 1 saturated heterocycles. The molecule has 0 aliphatic carbocycles. The average Bonchev–Trinajstić information content (AvgIpc) is 3.03. The van der Waals surface area contributed by atoms with Crippen molar-refractivity contribution in [2.45, 2.75) is 38.5 Å². The zero-order chi connectivity index (χ0) is 19.8. The number of aliphatic hydroxyl groups excluding tert-OH is 1. The van der Waals surface area contributed by atoms with Crippen LogP contribution in [0.25, 0.3) is 0 Å². The molecule has 0 unspecified atom stereocenters. The lowest BCUT2D eigenvalue weighted by Gasteiger charge is -2.34. The number of ether oxygens (including phenoxy) is 2. The van der Waals surface area contributed by atoms with Crippen LogP contribution in [0.5, 0.6) is 5.75 Å². The molecule has 2 aromatic carbocycles. The summed E-state index contributed by atoms with van der Waals surface area (Å²) in [7, 11) is 1.61. The second-order valence-electron chi connectivity index (χ2n) is 7.46. The Morgan fingerprint density at radius 3 is 2.75 bits per heavy atom. The third-order valence-corrected chi connectivity index (χ3v) is 5.78. The molecule has 4 rings (SSSR count). The number of amides is 1. The van der Waals surface area contributed by atoms with Crippen molar-refractivity contribution in [1.29, 1.82) is 0 Å². The summed E-state index contributed by atoms with van der Waals surface area (Å²) < 4.78 is 25.7. The van der Waals surface area contributed by atoms with Crippen molar-refractivity contribution in [1.82, 2.24) is 4.90 Å². The van der Waals surface area contributed by atoms with E-state index in [1.54, 1.807) is 25.0 Å². The minimum Gasteiger partial charge on any atom is -0.497 e. The molecule has 2 atom stereocenters. The van der Waals surface area contributed by atoms with Crippen LogP contribution in [0.2, 0.25) is 0 Å². The van der Waals surface area contributed by atoms with Gasteiger partial charge in [0.2, 0.25) is 0 Å². The third kappa shape index (κ3) is 3.27. The van der Waals surface area contributed by atoms with Crippen LogP contribution >= 0.6 is 0 Å². The Bertz CT molecular complexity index is 896. The number of fused-ring (bicyclic) bond motifs is 1. The van der Waals surface area contributed by atoms with E-state index in [2.05, 4.69) is 0 Å². The van der Waals surface area contributed by atoms with Crippen LogP contribution in [0.1, 0.15) is 39.0 Å². The largest absolute Gasteiger partial charge is 0.497 e. The number of nitrogens with zero attached hydrogens (tertiary/aromatic N) is 1. The molecule has 2 aliphatic heterocycles. The van der Waals surface area contributed by atoms with Gasteiger partial charge in [-0.1, -0.05) is 12.1 Å². The number of carbonyl (C=O) groups excluding carboxylic acids is 1. The predicted molar refractivity (Wildman–Crippen MR) is 102 cm³/mol. The standard InChI is InChI=1S/C22H24FNO4/c1-13-15(9-14-3-5-16(27-2)6-4-14)10-17-18(21(13)23)11-24(22(17)26)19-12-28-8-7-20(19)25/h3-6,10,19-20,25H,7-9,11-12H2,1-2H3/t19-,20-/m0/s1. The molecule has 6 heteroatoms. The summed E-state index contributed by atoms with van der Waals surface area (Å²) in [5.41, 5.74) is 3.17. The van der Waals surface area contributed by atoms with Crippen molar-refractivity contribution >= 4 is 5.91 Å². The molecule has 2 heterocycles. The van der Waals surface area contributed by atoms with Gasteiger partial charge >= 0.3 is 0 Å². The third-order valence-electron chi connectivity index (χ3n) is 5.78. The maximum absolute atomic E-state index is 15.1. The first-order valence-electron chi connectivity index (χ1n) is 9.50. The molecule has 0 aromatic heterocycles. The fourth-order valence-electron chi connectivity index (χ4n) is 4.02. The smallest absolute Gasteiger partial charge is 0.255 e. The molecule has 5 nitrogen and oxygen atoms in total. The maximum Gasteiger partial charge on any atom is 0.255 e. The molecular weight excluding hydrogens is 361 g/mol. The number of rotatable bonds is 4. The highest BCUT2D eigenvalue weighted by molar-refractivity contribution is 5.99. The van der Waals surface area contributed by atoms with Crippen LogP contribution in [0, 0.1) is 12.7 Å². The highest BCUT2D eigenvalue weighted by Crippen LogP contribution is 2.33. The van der Waals surface area contributed by atoms with E-state index in [0.717, 1.165) is 16.9 Å². The molecule has 28 heavy (non-hydrogen) atoms. The second kappa shape index (κ2) is 7.53. The number of hydrogen-bond acceptors (Lipinski definition) is 4. The molecular formula is C22H24FNO4. The van der Waals surface area contributed by atoms with E-state index in [1.807, 2.05) is 24.3 Å². The lowest BCUT2D eigenvalue weighted by molar-refractivity contribution is -0.0529. The summed E-state index contributed by atoms with van der Waals surface area (Å²) in [6.07, 6.45) is 0.368. The van der Waals surface area contributed by atoms with Gasteiger partial charge in [-0.2, -0.15) is 0 Å². The fraction of sp³-hybridized carbons (Fsp3) is 0.409. The van der Waals surface area contributed by atoms with Gasteiger partial charge in [0.05, 0.1) is 32.4 Å². The summed E-state index contributed by atoms with van der Waals surface area (Å²) in [5.74, 6) is 0.196. The van der Waals surface area contributed by atoms with Crippen molar-refractivity contribution in [2.75, 3.05) is 20.3 Å². The van der Waals surface area contributed by atoms with Crippen molar-refractivity contribution in [3.05, 3.63) is 64.0 Å². The molecule has 0 saturated carbocycles. The van der Waals surface area contributed by atoms with E-state index in [9.17, 15) is 9.90 Å². The molecule has 2 aromatic rings. The monoisotopic (exact) mass is 385 g/mol. The van der Waals surface area contributed by atoms with Crippen molar-refractivity contribution < 1.29 is 23.8 Å². The van der Waals surface area contributed by atoms with Gasteiger partial charge in [-0.25, -0.2) is 4.39 Å². The van der Waals surface area contributed by atoms with Gasteiger partial charge in [-0.3, -0.25) is 4.79 Å². The van der Waals surface area contributed by atoms with Gasteiger partial charge in [-0.15, -0.1) is 0 Å². The summed E-state index contributed by atoms with van der Waals surface area (Å²) in [6.45, 7) is 2.68. The van der Waals surface area contributed by atoms with Crippen molar-refractivity contribution in [2.24, 2.45) is 0 Å². The van der Waals surface area contributed by atoms with E-state index in [-0.39, 0.29) is 24.9 Å². The Balaban J connectivity index is 1.63. The first-order valence-corrected chi connectivity index (χ1v) is 9.50. The molecule has 1 N–H and O–H groups in total. The quantitative estimate of drug-likeness (QED) is 0.879. The van der Waals surface area contributed by atoms with E-state index in [1.165, 1.54) is 0 Å². The Kier molecular flexibility index (Phi) is 5.08. The number of methoxy groups -OCH3 is 1. The minimum absolute atomic E-state index is 0.175. The molecule has 0 spiro atoms. The van der Waals surface area contributed by atoms with E-state index in [0.29, 0.717) is 36.1 Å². The van der Waals surface area contributed by atoms with Crippen LogP contribution in [0.3, 0.4) is 0 Å². The Morgan fingerprint density at radius 1 is 1.32 bits per heavy atom. The topological polar surface area (TPSA) is 59.0 Å². The van der Waals surface area contributed by atoms with Crippen LogP contribution in [-0.2, 0) is 17.7 Å². The van der Waals surface area contributed by atoms with Gasteiger partial charge < -0.3 is 19.5 Å². The molecule has 1 amide bonds. The Hall–Kier alpha value is -2.44. The van der Waals surface area contributed by atoms with Crippen molar-refractivity contribution in [3.63, 3.8) is 0 Å². The van der Waals surface area contributed by atoms with Gasteiger partial charge in [0.15, 0.2) is 0 Å². The van der Waals surface area contributed by atoms with Gasteiger partial charge in [-0.05, 0) is 54.7 Å². The molecule has 2 aliphatic rings. The van der Waals surface area contributed by atoms with E-state index in [4.69, 9.17) is 9.47 Å². The highest BCUT2D eigenvalue weighted by Gasteiger charge is 2.39. The van der Waals surface area contributed by atoms with Crippen molar-refractivity contribution in [3.8, 4) is 5.75 Å². The Morgan fingerprint density at radius 2 is 2.07 bits per heavy atom. The van der Waals surface area contributed by atoms with Gasteiger partial charge in [0, 0.05) is 17.7 Å². The predicted octanol–water partition coefficient (Wildman–Crippen LogP) is 2.84. The van der Waals surface area contributed by atoms with E-state index >= 15 is 4.39 Å². The first kappa shape index (κ1) is 18.9. The number of hydrogen-bond donors (Lipinski definition) is 1. The van der Waals surface area contributed by atoms with Crippen LogP contribution in [0.15, 0.2) is 30.3 Å². The SMILES string of the molecule is COc1ccc(Cc2cc3c(c(F)c2C)CN([C@H]2COCC[C@@H]2O)C3=O)cc1. The van der Waals surface area contributed by atoms with Crippen LogP contribution < -0.4 is 4.74 Å². The number of halogens is 1.